The number of hydrogen-bond acceptors (Lipinski definition) is 2. The fourth-order valence-corrected chi connectivity index (χ4v) is 3.68. The first kappa shape index (κ1) is 14.3. The quantitative estimate of drug-likeness (QED) is 0.824. The molecule has 1 N–H and O–H groups in total. The van der Waals surface area contributed by atoms with E-state index in [4.69, 9.17) is 4.74 Å². The summed E-state index contributed by atoms with van der Waals surface area (Å²) in [5, 5.41) is 3.76. The van der Waals surface area contributed by atoms with Crippen LogP contribution in [-0.4, -0.2) is 24.8 Å². The van der Waals surface area contributed by atoms with E-state index in [0.29, 0.717) is 18.2 Å². The van der Waals surface area contributed by atoms with Gasteiger partial charge in [-0.05, 0) is 51.5 Å². The molecule has 0 bridgehead atoms. The second kappa shape index (κ2) is 6.91. The van der Waals surface area contributed by atoms with Crippen LogP contribution in [0.15, 0.2) is 0 Å². The van der Waals surface area contributed by atoms with Crippen LogP contribution in [0.25, 0.3) is 0 Å². The minimum Gasteiger partial charge on any atom is -0.375 e. The van der Waals surface area contributed by atoms with E-state index >= 15 is 0 Å². The highest BCUT2D eigenvalue weighted by Crippen LogP contribution is 2.30. The molecule has 0 spiro atoms. The maximum Gasteiger partial charge on any atom is 0.0565 e. The number of ether oxygens (including phenoxy) is 1. The predicted octanol–water partition coefficient (Wildman–Crippen LogP) is 3.75. The molecule has 0 aromatic heterocycles. The Balaban J connectivity index is 1.60. The maximum absolute atomic E-state index is 5.78. The Morgan fingerprint density at radius 3 is 2.17 bits per heavy atom. The van der Waals surface area contributed by atoms with E-state index in [0.717, 1.165) is 11.8 Å². The first-order valence-electron chi connectivity index (χ1n) is 8.02. The lowest BCUT2D eigenvalue weighted by Crippen LogP contribution is -2.42. The Hall–Kier alpha value is -0.0800. The highest BCUT2D eigenvalue weighted by molar-refractivity contribution is 4.79. The lowest BCUT2D eigenvalue weighted by molar-refractivity contribution is -0.0421. The molecule has 18 heavy (non-hydrogen) atoms. The standard InChI is InChI=1S/C16H31NO/c1-12-4-6-15(7-5-12)8-9-17-16-10-13(2)18-14(3)11-16/h12-17H,4-11H2,1-3H3. The van der Waals surface area contributed by atoms with Crippen molar-refractivity contribution >= 4 is 0 Å². The third kappa shape index (κ3) is 4.55. The van der Waals surface area contributed by atoms with Gasteiger partial charge < -0.3 is 10.1 Å². The molecule has 2 atom stereocenters. The molecule has 2 nitrogen and oxygen atoms in total. The van der Waals surface area contributed by atoms with E-state index < -0.39 is 0 Å². The van der Waals surface area contributed by atoms with Gasteiger partial charge >= 0.3 is 0 Å². The summed E-state index contributed by atoms with van der Waals surface area (Å²) >= 11 is 0. The minimum atomic E-state index is 0.432. The lowest BCUT2D eigenvalue weighted by atomic mass is 9.81. The summed E-state index contributed by atoms with van der Waals surface area (Å²) in [5.74, 6) is 1.97. The Kier molecular flexibility index (Phi) is 5.50. The van der Waals surface area contributed by atoms with Gasteiger partial charge in [-0.15, -0.1) is 0 Å². The second-order valence-electron chi connectivity index (χ2n) is 6.79. The molecule has 2 fully saturated rings. The number of rotatable bonds is 4. The van der Waals surface area contributed by atoms with Crippen molar-refractivity contribution in [2.45, 2.75) is 84.0 Å². The zero-order valence-electron chi connectivity index (χ0n) is 12.5. The van der Waals surface area contributed by atoms with Gasteiger partial charge in [-0.25, -0.2) is 0 Å². The van der Waals surface area contributed by atoms with Gasteiger partial charge in [-0.3, -0.25) is 0 Å². The fourth-order valence-electron chi connectivity index (χ4n) is 3.68. The van der Waals surface area contributed by atoms with Gasteiger partial charge in [0.1, 0.15) is 0 Å². The molecule has 0 radical (unpaired) electrons. The summed E-state index contributed by atoms with van der Waals surface area (Å²) < 4.78 is 5.78. The maximum atomic E-state index is 5.78. The lowest BCUT2D eigenvalue weighted by Gasteiger charge is -2.33. The van der Waals surface area contributed by atoms with Crippen molar-refractivity contribution in [3.63, 3.8) is 0 Å². The zero-order chi connectivity index (χ0) is 13.0. The van der Waals surface area contributed by atoms with E-state index in [2.05, 4.69) is 26.1 Å². The Morgan fingerprint density at radius 1 is 0.944 bits per heavy atom. The molecular weight excluding hydrogens is 222 g/mol. The van der Waals surface area contributed by atoms with Crippen LogP contribution in [0.2, 0.25) is 0 Å². The number of hydrogen-bond donors (Lipinski definition) is 1. The third-order valence-corrected chi connectivity index (χ3v) is 4.82. The molecule has 1 aliphatic heterocycles. The average molecular weight is 253 g/mol. The van der Waals surface area contributed by atoms with Gasteiger partial charge in [0.25, 0.3) is 0 Å². The summed E-state index contributed by atoms with van der Waals surface area (Å²) in [7, 11) is 0. The first-order valence-corrected chi connectivity index (χ1v) is 8.02. The minimum absolute atomic E-state index is 0.432. The first-order chi connectivity index (χ1) is 8.63. The van der Waals surface area contributed by atoms with E-state index in [1.54, 1.807) is 0 Å². The molecule has 0 aromatic rings. The van der Waals surface area contributed by atoms with Crippen LogP contribution in [0, 0.1) is 11.8 Å². The molecule has 2 unspecified atom stereocenters. The summed E-state index contributed by atoms with van der Waals surface area (Å²) in [6, 6.07) is 0.686. The molecular formula is C16H31NO. The highest BCUT2D eigenvalue weighted by Gasteiger charge is 2.24. The van der Waals surface area contributed by atoms with Crippen molar-refractivity contribution < 1.29 is 4.74 Å². The third-order valence-electron chi connectivity index (χ3n) is 4.82. The summed E-state index contributed by atoms with van der Waals surface area (Å²) in [6.45, 7) is 8.02. The van der Waals surface area contributed by atoms with E-state index in [1.807, 2.05) is 0 Å². The second-order valence-corrected chi connectivity index (χ2v) is 6.79. The van der Waals surface area contributed by atoms with E-state index in [1.165, 1.54) is 51.5 Å². The molecule has 2 heteroatoms. The molecule has 1 saturated heterocycles. The molecule has 2 rings (SSSR count). The SMILES string of the molecule is CC1CCC(CCNC2CC(C)OC(C)C2)CC1. The molecule has 1 aliphatic carbocycles. The normalized spacial score (nSPS) is 41.8. The number of nitrogens with one attached hydrogen (secondary N) is 1. The van der Waals surface area contributed by atoms with Gasteiger partial charge in [-0.1, -0.05) is 32.6 Å². The van der Waals surface area contributed by atoms with Crippen molar-refractivity contribution in [1.29, 1.82) is 0 Å². The van der Waals surface area contributed by atoms with Crippen molar-refractivity contribution in [3.05, 3.63) is 0 Å². The molecule has 0 amide bonds. The van der Waals surface area contributed by atoms with Crippen molar-refractivity contribution in [3.8, 4) is 0 Å². The Bertz CT molecular complexity index is 225. The summed E-state index contributed by atoms with van der Waals surface area (Å²) in [5.41, 5.74) is 0. The topological polar surface area (TPSA) is 21.3 Å². The fraction of sp³-hybridized carbons (Fsp3) is 1.00. The smallest absolute Gasteiger partial charge is 0.0565 e. The van der Waals surface area contributed by atoms with Crippen LogP contribution in [0.4, 0.5) is 0 Å². The van der Waals surface area contributed by atoms with Crippen molar-refractivity contribution in [1.82, 2.24) is 5.32 Å². The average Bonchev–Trinajstić information content (AvgIpc) is 2.30. The Labute approximate surface area is 113 Å². The summed E-state index contributed by atoms with van der Waals surface area (Å²) in [6.07, 6.45) is 10.5. The molecule has 0 aromatic carbocycles. The predicted molar refractivity (Wildman–Crippen MR) is 76.8 cm³/mol. The monoisotopic (exact) mass is 253 g/mol. The van der Waals surface area contributed by atoms with Crippen LogP contribution in [-0.2, 0) is 4.74 Å². The van der Waals surface area contributed by atoms with Gasteiger partial charge in [0.05, 0.1) is 12.2 Å². The highest BCUT2D eigenvalue weighted by atomic mass is 16.5. The van der Waals surface area contributed by atoms with Gasteiger partial charge in [0.15, 0.2) is 0 Å². The molecule has 1 heterocycles. The molecule has 2 aliphatic rings. The van der Waals surface area contributed by atoms with Crippen LogP contribution >= 0.6 is 0 Å². The van der Waals surface area contributed by atoms with E-state index in [-0.39, 0.29) is 0 Å². The Morgan fingerprint density at radius 2 is 1.56 bits per heavy atom. The van der Waals surface area contributed by atoms with Crippen LogP contribution < -0.4 is 5.32 Å². The van der Waals surface area contributed by atoms with Crippen LogP contribution in [0.3, 0.4) is 0 Å². The molecule has 1 saturated carbocycles. The van der Waals surface area contributed by atoms with Gasteiger partial charge in [-0.2, -0.15) is 0 Å². The van der Waals surface area contributed by atoms with E-state index in [9.17, 15) is 0 Å². The zero-order valence-corrected chi connectivity index (χ0v) is 12.5. The van der Waals surface area contributed by atoms with Gasteiger partial charge in [0.2, 0.25) is 0 Å². The van der Waals surface area contributed by atoms with Crippen LogP contribution in [0.1, 0.15) is 65.7 Å². The summed E-state index contributed by atoms with van der Waals surface area (Å²) in [4.78, 5) is 0. The molecule has 106 valence electrons. The van der Waals surface area contributed by atoms with Gasteiger partial charge in [0, 0.05) is 6.04 Å². The van der Waals surface area contributed by atoms with Crippen LogP contribution in [0.5, 0.6) is 0 Å². The van der Waals surface area contributed by atoms with Crippen molar-refractivity contribution in [2.75, 3.05) is 6.54 Å². The largest absolute Gasteiger partial charge is 0.375 e. The van der Waals surface area contributed by atoms with Crippen molar-refractivity contribution in [2.24, 2.45) is 11.8 Å².